The average molecular weight is 402 g/mol. The van der Waals surface area contributed by atoms with Crippen molar-refractivity contribution in [2.75, 3.05) is 26.2 Å². The number of halogens is 1. The van der Waals surface area contributed by atoms with E-state index in [4.69, 9.17) is 16.6 Å². The summed E-state index contributed by atoms with van der Waals surface area (Å²) in [6, 6.07) is 8.19. The highest BCUT2D eigenvalue weighted by Gasteiger charge is 2.23. The van der Waals surface area contributed by atoms with Gasteiger partial charge >= 0.3 is 0 Å². The highest BCUT2D eigenvalue weighted by atomic mass is 35.5. The van der Waals surface area contributed by atoms with Crippen LogP contribution < -0.4 is 5.32 Å². The summed E-state index contributed by atoms with van der Waals surface area (Å²) in [7, 11) is 0. The standard InChI is InChI=1S/C22H28ClN3O2/c1-16(27)5-10-21(26-12-11-24-22(28)15-26)25-14-17-6-8-18(9-7-17)19-3-2-4-20(23)13-19/h2-5,10,13,17-18H,6-9,11-12,14-15H2,1H3,(H,24,28)/b10-5-,25-21?. The Morgan fingerprint density at radius 1 is 1.29 bits per heavy atom. The van der Waals surface area contributed by atoms with Gasteiger partial charge in [-0.25, -0.2) is 0 Å². The van der Waals surface area contributed by atoms with E-state index in [-0.39, 0.29) is 11.7 Å². The Kier molecular flexibility index (Phi) is 7.26. The molecule has 1 aliphatic carbocycles. The van der Waals surface area contributed by atoms with Gasteiger partial charge in [0.2, 0.25) is 5.91 Å². The summed E-state index contributed by atoms with van der Waals surface area (Å²) >= 11 is 6.13. The summed E-state index contributed by atoms with van der Waals surface area (Å²) in [5, 5.41) is 3.63. The van der Waals surface area contributed by atoms with Crippen LogP contribution in [-0.2, 0) is 9.59 Å². The molecule has 0 aromatic heterocycles. The molecule has 0 unspecified atom stereocenters. The number of aliphatic imine (C=N–C) groups is 1. The molecule has 1 aliphatic heterocycles. The number of hydrogen-bond donors (Lipinski definition) is 1. The van der Waals surface area contributed by atoms with E-state index >= 15 is 0 Å². The third kappa shape index (κ3) is 5.93. The number of nitrogens with zero attached hydrogens (tertiary/aromatic N) is 2. The zero-order valence-electron chi connectivity index (χ0n) is 16.4. The monoisotopic (exact) mass is 401 g/mol. The zero-order chi connectivity index (χ0) is 19.9. The van der Waals surface area contributed by atoms with Crippen LogP contribution in [0.5, 0.6) is 0 Å². The van der Waals surface area contributed by atoms with Gasteiger partial charge in [-0.15, -0.1) is 0 Å². The number of benzene rings is 1. The van der Waals surface area contributed by atoms with Gasteiger partial charge in [-0.1, -0.05) is 23.7 Å². The summed E-state index contributed by atoms with van der Waals surface area (Å²) in [4.78, 5) is 29.8. The van der Waals surface area contributed by atoms with Crippen LogP contribution in [0.1, 0.15) is 44.1 Å². The molecule has 5 nitrogen and oxygen atoms in total. The number of amides is 1. The predicted molar refractivity (Wildman–Crippen MR) is 113 cm³/mol. The first kappa shape index (κ1) is 20.6. The normalized spacial score (nSPS) is 23.7. The lowest BCUT2D eigenvalue weighted by Crippen LogP contribution is -2.49. The minimum atomic E-state index is -0.0174. The molecule has 2 aliphatic rings. The molecule has 1 amide bonds. The Morgan fingerprint density at radius 2 is 2.07 bits per heavy atom. The van der Waals surface area contributed by atoms with E-state index in [1.54, 1.807) is 6.08 Å². The molecule has 150 valence electrons. The molecule has 28 heavy (non-hydrogen) atoms. The van der Waals surface area contributed by atoms with Gasteiger partial charge in [0, 0.05) is 24.7 Å². The number of rotatable bonds is 5. The maximum Gasteiger partial charge on any atom is 0.239 e. The lowest BCUT2D eigenvalue weighted by atomic mass is 9.79. The maximum atomic E-state index is 11.7. The van der Waals surface area contributed by atoms with E-state index in [0.29, 0.717) is 31.5 Å². The molecule has 1 saturated heterocycles. The van der Waals surface area contributed by atoms with E-state index in [0.717, 1.165) is 43.1 Å². The zero-order valence-corrected chi connectivity index (χ0v) is 17.1. The summed E-state index contributed by atoms with van der Waals surface area (Å²) < 4.78 is 0. The lowest BCUT2D eigenvalue weighted by Gasteiger charge is -2.30. The van der Waals surface area contributed by atoms with Crippen molar-refractivity contribution in [3.8, 4) is 0 Å². The second-order valence-electron chi connectivity index (χ2n) is 7.69. The van der Waals surface area contributed by atoms with Crippen LogP contribution in [-0.4, -0.2) is 48.6 Å². The van der Waals surface area contributed by atoms with Crippen molar-refractivity contribution in [3.05, 3.63) is 47.0 Å². The Hall–Kier alpha value is -2.14. The SMILES string of the molecule is CC(=O)/C=C\C(=NCC1CCC(c2cccc(Cl)c2)CC1)N1CCNC(=O)C1. The summed E-state index contributed by atoms with van der Waals surface area (Å²) in [6.07, 6.45) is 7.83. The van der Waals surface area contributed by atoms with Crippen molar-refractivity contribution in [2.24, 2.45) is 10.9 Å². The number of hydrogen-bond acceptors (Lipinski definition) is 3. The summed E-state index contributed by atoms with van der Waals surface area (Å²) in [5.41, 5.74) is 1.33. The fourth-order valence-corrected chi connectivity index (χ4v) is 4.14. The molecule has 3 rings (SSSR count). The number of carbonyl (C=O) groups excluding carboxylic acids is 2. The molecule has 1 aromatic carbocycles. The van der Waals surface area contributed by atoms with Gasteiger partial charge in [0.05, 0.1) is 6.54 Å². The minimum Gasteiger partial charge on any atom is -0.353 e. The quantitative estimate of drug-likeness (QED) is 0.466. The third-order valence-corrected chi connectivity index (χ3v) is 5.74. The molecule has 0 spiro atoms. The van der Waals surface area contributed by atoms with Gasteiger partial charge in [0.25, 0.3) is 0 Å². The number of nitrogens with one attached hydrogen (secondary N) is 1. The number of carbonyl (C=O) groups is 2. The van der Waals surface area contributed by atoms with Gasteiger partial charge in [-0.05, 0) is 74.3 Å². The molecule has 2 fully saturated rings. The van der Waals surface area contributed by atoms with E-state index < -0.39 is 0 Å². The molecule has 1 N–H and O–H groups in total. The van der Waals surface area contributed by atoms with E-state index in [9.17, 15) is 9.59 Å². The second kappa shape index (κ2) is 9.87. The van der Waals surface area contributed by atoms with Crippen LogP contribution in [0.3, 0.4) is 0 Å². The second-order valence-corrected chi connectivity index (χ2v) is 8.12. The van der Waals surface area contributed by atoms with E-state index in [1.807, 2.05) is 17.0 Å². The smallest absolute Gasteiger partial charge is 0.239 e. The Labute approximate surface area is 171 Å². The first-order valence-corrected chi connectivity index (χ1v) is 10.4. The van der Waals surface area contributed by atoms with Crippen molar-refractivity contribution < 1.29 is 9.59 Å². The van der Waals surface area contributed by atoms with E-state index in [2.05, 4.69) is 17.4 Å². The molecular formula is C22H28ClN3O2. The van der Waals surface area contributed by atoms with Gasteiger partial charge in [0.1, 0.15) is 5.84 Å². The first-order chi connectivity index (χ1) is 13.5. The molecule has 1 aromatic rings. The highest BCUT2D eigenvalue weighted by molar-refractivity contribution is 6.30. The van der Waals surface area contributed by atoms with Gasteiger partial charge in [0.15, 0.2) is 5.78 Å². The van der Waals surface area contributed by atoms with Crippen LogP contribution >= 0.6 is 11.6 Å². The first-order valence-electron chi connectivity index (χ1n) is 10.0. The molecule has 1 saturated carbocycles. The van der Waals surface area contributed by atoms with Crippen LogP contribution in [0.25, 0.3) is 0 Å². The Morgan fingerprint density at radius 3 is 2.75 bits per heavy atom. The number of piperazine rings is 1. The Balaban J connectivity index is 1.60. The summed E-state index contributed by atoms with van der Waals surface area (Å²) in [5.74, 6) is 1.83. The fourth-order valence-electron chi connectivity index (χ4n) is 3.95. The lowest BCUT2D eigenvalue weighted by molar-refractivity contribution is -0.122. The van der Waals surface area contributed by atoms with Crippen molar-refractivity contribution >= 4 is 29.1 Å². The fraction of sp³-hybridized carbons (Fsp3) is 0.500. The molecule has 6 heteroatoms. The van der Waals surface area contributed by atoms with E-state index in [1.165, 1.54) is 18.6 Å². The number of allylic oxidation sites excluding steroid dienone is 1. The molecule has 0 atom stereocenters. The van der Waals surface area contributed by atoms with Crippen LogP contribution in [0.4, 0.5) is 0 Å². The molecule has 1 heterocycles. The molecule has 0 bridgehead atoms. The van der Waals surface area contributed by atoms with Crippen LogP contribution in [0.2, 0.25) is 5.02 Å². The number of ketones is 1. The maximum absolute atomic E-state index is 11.7. The predicted octanol–water partition coefficient (Wildman–Crippen LogP) is 3.59. The van der Waals surface area contributed by atoms with Crippen LogP contribution in [0, 0.1) is 5.92 Å². The van der Waals surface area contributed by atoms with Gasteiger partial charge < -0.3 is 10.2 Å². The molecule has 0 radical (unpaired) electrons. The van der Waals surface area contributed by atoms with Gasteiger partial charge in [-0.2, -0.15) is 0 Å². The largest absolute Gasteiger partial charge is 0.353 e. The van der Waals surface area contributed by atoms with Crippen molar-refractivity contribution in [3.63, 3.8) is 0 Å². The molecular weight excluding hydrogens is 374 g/mol. The Bertz CT molecular complexity index is 767. The highest BCUT2D eigenvalue weighted by Crippen LogP contribution is 2.36. The van der Waals surface area contributed by atoms with Crippen LogP contribution in [0.15, 0.2) is 41.4 Å². The van der Waals surface area contributed by atoms with Crippen molar-refractivity contribution in [1.29, 1.82) is 0 Å². The van der Waals surface area contributed by atoms with Gasteiger partial charge in [-0.3, -0.25) is 14.6 Å². The minimum absolute atomic E-state index is 0.00259. The van der Waals surface area contributed by atoms with Crippen molar-refractivity contribution in [2.45, 2.75) is 38.5 Å². The third-order valence-electron chi connectivity index (χ3n) is 5.51. The number of amidine groups is 1. The average Bonchev–Trinajstić information content (AvgIpc) is 2.68. The van der Waals surface area contributed by atoms with Crippen molar-refractivity contribution in [1.82, 2.24) is 10.2 Å². The topological polar surface area (TPSA) is 61.8 Å². The summed E-state index contributed by atoms with van der Waals surface area (Å²) in [6.45, 7) is 3.87.